The van der Waals surface area contributed by atoms with Crippen molar-refractivity contribution in [3.8, 4) is 0 Å². The van der Waals surface area contributed by atoms with Crippen LogP contribution in [0.1, 0.15) is 18.5 Å². The van der Waals surface area contributed by atoms with Gasteiger partial charge in [-0.05, 0) is 33.2 Å². The van der Waals surface area contributed by atoms with Crippen LogP contribution in [0.15, 0.2) is 41.8 Å². The zero-order valence-electron chi connectivity index (χ0n) is 17.8. The van der Waals surface area contributed by atoms with E-state index in [2.05, 4.69) is 63.4 Å². The van der Waals surface area contributed by atoms with E-state index in [0.717, 1.165) is 44.5 Å². The summed E-state index contributed by atoms with van der Waals surface area (Å²) in [7, 11) is 6.13. The quantitative estimate of drug-likeness (QED) is 0.362. The van der Waals surface area contributed by atoms with Crippen LogP contribution < -0.4 is 10.2 Å². The monoisotopic (exact) mass is 512 g/mol. The summed E-state index contributed by atoms with van der Waals surface area (Å²) in [5.74, 6) is 2.03. The van der Waals surface area contributed by atoms with Crippen molar-refractivity contribution in [2.75, 3.05) is 58.3 Å². The molecule has 3 rings (SSSR count). The van der Waals surface area contributed by atoms with Crippen LogP contribution in [0.5, 0.6) is 0 Å². The molecule has 29 heavy (non-hydrogen) atoms. The molecule has 0 saturated carbocycles. The van der Waals surface area contributed by atoms with Crippen molar-refractivity contribution >= 4 is 35.8 Å². The Balaban J connectivity index is 0.00000300. The molecule has 1 saturated heterocycles. The summed E-state index contributed by atoms with van der Waals surface area (Å²) in [5.41, 5.74) is 1.19. The molecule has 1 aliphatic rings. The van der Waals surface area contributed by atoms with Gasteiger partial charge >= 0.3 is 0 Å². The molecular formula is C20H33IN8. The van der Waals surface area contributed by atoms with E-state index in [1.165, 1.54) is 5.56 Å². The van der Waals surface area contributed by atoms with Crippen molar-refractivity contribution in [2.45, 2.75) is 13.0 Å². The van der Waals surface area contributed by atoms with Crippen LogP contribution in [0.4, 0.5) is 5.82 Å². The largest absolute Gasteiger partial charge is 0.357 e. The van der Waals surface area contributed by atoms with Crippen LogP contribution in [-0.2, 0) is 7.05 Å². The molecule has 2 aromatic rings. The minimum absolute atomic E-state index is 0. The third-order valence-electron chi connectivity index (χ3n) is 5.03. The van der Waals surface area contributed by atoms with E-state index in [1.807, 2.05) is 36.3 Å². The molecule has 0 spiro atoms. The van der Waals surface area contributed by atoms with Gasteiger partial charge in [-0.15, -0.1) is 24.0 Å². The van der Waals surface area contributed by atoms with Gasteiger partial charge in [0.05, 0.1) is 18.8 Å². The number of likely N-dealkylation sites (N-methyl/N-ethyl adjacent to an activating group) is 1. The van der Waals surface area contributed by atoms with Crippen LogP contribution in [0, 0.1) is 0 Å². The minimum atomic E-state index is 0. The summed E-state index contributed by atoms with van der Waals surface area (Å²) >= 11 is 0. The highest BCUT2D eigenvalue weighted by atomic mass is 127. The average molecular weight is 512 g/mol. The van der Waals surface area contributed by atoms with Gasteiger partial charge in [0.25, 0.3) is 0 Å². The maximum Gasteiger partial charge on any atom is 0.194 e. The minimum Gasteiger partial charge on any atom is -0.357 e. The first-order chi connectivity index (χ1) is 13.6. The van der Waals surface area contributed by atoms with Gasteiger partial charge in [0, 0.05) is 57.7 Å². The lowest BCUT2D eigenvalue weighted by Crippen LogP contribution is -2.53. The number of piperazine rings is 1. The Labute approximate surface area is 191 Å². The van der Waals surface area contributed by atoms with Crippen molar-refractivity contribution in [2.24, 2.45) is 12.0 Å². The van der Waals surface area contributed by atoms with Gasteiger partial charge in [-0.3, -0.25) is 9.67 Å². The smallest absolute Gasteiger partial charge is 0.194 e. The molecule has 0 aromatic carbocycles. The van der Waals surface area contributed by atoms with Gasteiger partial charge < -0.3 is 20.0 Å². The molecule has 160 valence electrons. The van der Waals surface area contributed by atoms with Crippen LogP contribution in [0.25, 0.3) is 0 Å². The first kappa shape index (κ1) is 23.4. The van der Waals surface area contributed by atoms with Crippen molar-refractivity contribution < 1.29 is 0 Å². The zero-order chi connectivity index (χ0) is 19.9. The number of anilines is 1. The number of nitrogens with one attached hydrogen (secondary N) is 1. The highest BCUT2D eigenvalue weighted by molar-refractivity contribution is 14.0. The van der Waals surface area contributed by atoms with Gasteiger partial charge in [-0.1, -0.05) is 6.07 Å². The second-order valence-corrected chi connectivity index (χ2v) is 7.28. The van der Waals surface area contributed by atoms with E-state index in [0.29, 0.717) is 6.54 Å². The molecule has 2 aromatic heterocycles. The van der Waals surface area contributed by atoms with Gasteiger partial charge in [0.1, 0.15) is 5.82 Å². The number of rotatable bonds is 6. The first-order valence-electron chi connectivity index (χ1n) is 9.92. The maximum absolute atomic E-state index is 4.96. The molecule has 0 amide bonds. The predicted octanol–water partition coefficient (Wildman–Crippen LogP) is 1.82. The van der Waals surface area contributed by atoms with Crippen molar-refractivity contribution in [1.29, 1.82) is 0 Å². The van der Waals surface area contributed by atoms with Gasteiger partial charge in [-0.2, -0.15) is 5.10 Å². The number of hydrogen-bond acceptors (Lipinski definition) is 5. The number of hydrogen-bond donors (Lipinski definition) is 1. The van der Waals surface area contributed by atoms with Crippen LogP contribution in [0.3, 0.4) is 0 Å². The molecule has 1 unspecified atom stereocenters. The fourth-order valence-electron chi connectivity index (χ4n) is 3.47. The standard InChI is InChI=1S/C20H32N8.HI/c1-5-21-20(23-15-18(25(2)3)17-14-24-26(4)16-17)28-12-10-27(11-13-28)19-8-6-7-9-22-19;/h6-9,14,16,18H,5,10-13,15H2,1-4H3,(H,21,23);1H. The van der Waals surface area contributed by atoms with Crippen molar-refractivity contribution in [3.63, 3.8) is 0 Å². The van der Waals surface area contributed by atoms with Gasteiger partial charge in [0.2, 0.25) is 0 Å². The Morgan fingerprint density at radius 3 is 2.55 bits per heavy atom. The Morgan fingerprint density at radius 1 is 1.24 bits per heavy atom. The van der Waals surface area contributed by atoms with Gasteiger partial charge in [0.15, 0.2) is 5.96 Å². The number of aliphatic imine (C=N–C) groups is 1. The highest BCUT2D eigenvalue weighted by Gasteiger charge is 2.21. The molecule has 1 aliphatic heterocycles. The summed E-state index contributed by atoms with van der Waals surface area (Å²) in [5, 5.41) is 7.77. The summed E-state index contributed by atoms with van der Waals surface area (Å²) in [4.78, 5) is 16.3. The fourth-order valence-corrected chi connectivity index (χ4v) is 3.47. The topological polar surface area (TPSA) is 64.8 Å². The number of guanidine groups is 1. The molecule has 3 heterocycles. The second kappa shape index (κ2) is 11.3. The SMILES string of the molecule is CCNC(=NCC(c1cnn(C)c1)N(C)C)N1CCN(c2ccccn2)CC1.I. The van der Waals surface area contributed by atoms with E-state index in [9.17, 15) is 0 Å². The number of halogens is 1. The van der Waals surface area contributed by atoms with E-state index in [1.54, 1.807) is 0 Å². The fraction of sp³-hybridized carbons (Fsp3) is 0.550. The van der Waals surface area contributed by atoms with Crippen molar-refractivity contribution in [1.82, 2.24) is 29.9 Å². The zero-order valence-corrected chi connectivity index (χ0v) is 20.2. The van der Waals surface area contributed by atoms with E-state index in [4.69, 9.17) is 4.99 Å². The van der Waals surface area contributed by atoms with E-state index < -0.39 is 0 Å². The molecule has 0 radical (unpaired) electrons. The van der Waals surface area contributed by atoms with Gasteiger partial charge in [-0.25, -0.2) is 4.98 Å². The Bertz CT molecular complexity index is 753. The molecule has 0 aliphatic carbocycles. The average Bonchev–Trinajstić information content (AvgIpc) is 3.14. The molecule has 1 N–H and O–H groups in total. The number of aryl methyl sites for hydroxylation is 1. The lowest BCUT2D eigenvalue weighted by atomic mass is 10.1. The van der Waals surface area contributed by atoms with Crippen LogP contribution in [-0.4, -0.2) is 83.9 Å². The number of pyridine rings is 1. The van der Waals surface area contributed by atoms with Crippen LogP contribution in [0.2, 0.25) is 0 Å². The third-order valence-corrected chi connectivity index (χ3v) is 5.03. The van der Waals surface area contributed by atoms with Crippen LogP contribution >= 0.6 is 24.0 Å². The number of aromatic nitrogens is 3. The first-order valence-corrected chi connectivity index (χ1v) is 9.92. The maximum atomic E-state index is 4.96. The predicted molar refractivity (Wildman–Crippen MR) is 129 cm³/mol. The summed E-state index contributed by atoms with van der Waals surface area (Å²) in [6.07, 6.45) is 5.85. The highest BCUT2D eigenvalue weighted by Crippen LogP contribution is 2.18. The van der Waals surface area contributed by atoms with E-state index >= 15 is 0 Å². The molecule has 0 bridgehead atoms. The normalized spacial score (nSPS) is 16.0. The number of nitrogens with zero attached hydrogens (tertiary/aromatic N) is 7. The molecule has 9 heteroatoms. The summed E-state index contributed by atoms with van der Waals surface area (Å²) in [6, 6.07) is 6.28. The lowest BCUT2D eigenvalue weighted by Gasteiger charge is -2.37. The Morgan fingerprint density at radius 2 is 2.00 bits per heavy atom. The molecule has 1 fully saturated rings. The molecule has 8 nitrogen and oxygen atoms in total. The summed E-state index contributed by atoms with van der Waals surface area (Å²) < 4.78 is 1.84. The third kappa shape index (κ3) is 6.30. The Hall–Kier alpha value is -1.88. The lowest BCUT2D eigenvalue weighted by molar-refractivity contribution is 0.303. The molecular weight excluding hydrogens is 479 g/mol. The van der Waals surface area contributed by atoms with Crippen molar-refractivity contribution in [3.05, 3.63) is 42.4 Å². The second-order valence-electron chi connectivity index (χ2n) is 7.28. The Kier molecular flexibility index (Phi) is 9.15. The molecule has 1 atom stereocenters. The van der Waals surface area contributed by atoms with E-state index in [-0.39, 0.29) is 30.0 Å². The summed E-state index contributed by atoms with van der Waals surface area (Å²) in [6.45, 7) is 7.43.